The zero-order valence-electron chi connectivity index (χ0n) is 12.0. The molecule has 1 fully saturated rings. The molecule has 0 aromatic heterocycles. The minimum atomic E-state index is 0.0512. The van der Waals surface area contributed by atoms with E-state index in [9.17, 15) is 4.79 Å². The molecule has 5 nitrogen and oxygen atoms in total. The lowest BCUT2D eigenvalue weighted by atomic mass is 10.0. The fourth-order valence-electron chi connectivity index (χ4n) is 3.11. The number of carbonyl (C=O) groups is 1. The maximum absolute atomic E-state index is 12.8. The monoisotopic (exact) mass is 287 g/mol. The zero-order chi connectivity index (χ0) is 14.8. The van der Waals surface area contributed by atoms with Gasteiger partial charge >= 0.3 is 0 Å². The van der Waals surface area contributed by atoms with E-state index < -0.39 is 0 Å². The van der Waals surface area contributed by atoms with Gasteiger partial charge in [-0.2, -0.15) is 0 Å². The fraction of sp³-hybridized carbons (Fsp3) is 0.500. The second-order valence-electron chi connectivity index (χ2n) is 5.98. The predicted octanol–water partition coefficient (Wildman–Crippen LogP) is 1.53. The summed E-state index contributed by atoms with van der Waals surface area (Å²) < 4.78 is 0. The maximum atomic E-state index is 12.8. The van der Waals surface area contributed by atoms with Crippen molar-refractivity contribution in [3.05, 3.63) is 35.4 Å². The molecule has 1 amide bonds. The molecule has 3 rings (SSSR count). The van der Waals surface area contributed by atoms with Crippen molar-refractivity contribution < 1.29 is 10.0 Å². The molecule has 0 aliphatic heterocycles. The largest absolute Gasteiger partial charge is 0.409 e. The quantitative estimate of drug-likeness (QED) is 0.373. The van der Waals surface area contributed by atoms with Crippen LogP contribution < -0.4 is 5.73 Å². The first kappa shape index (κ1) is 13.9. The average Bonchev–Trinajstić information content (AvgIpc) is 3.24. The van der Waals surface area contributed by atoms with Crippen LogP contribution in [0.3, 0.4) is 0 Å². The predicted molar refractivity (Wildman–Crippen MR) is 80.1 cm³/mol. The van der Waals surface area contributed by atoms with Gasteiger partial charge < -0.3 is 15.8 Å². The van der Waals surface area contributed by atoms with Crippen molar-refractivity contribution in [1.82, 2.24) is 4.90 Å². The van der Waals surface area contributed by atoms with Gasteiger partial charge in [-0.25, -0.2) is 0 Å². The van der Waals surface area contributed by atoms with Gasteiger partial charge in [-0.15, -0.1) is 0 Å². The summed E-state index contributed by atoms with van der Waals surface area (Å²) in [4.78, 5) is 14.7. The summed E-state index contributed by atoms with van der Waals surface area (Å²) in [7, 11) is 0. The van der Waals surface area contributed by atoms with E-state index in [2.05, 4.69) is 17.3 Å². The van der Waals surface area contributed by atoms with E-state index in [0.717, 1.165) is 25.7 Å². The van der Waals surface area contributed by atoms with Crippen molar-refractivity contribution in [1.29, 1.82) is 0 Å². The fourth-order valence-corrected chi connectivity index (χ4v) is 3.11. The Labute approximate surface area is 124 Å². The molecule has 3 N–H and O–H groups in total. The lowest BCUT2D eigenvalue weighted by Crippen LogP contribution is -2.40. The SMILES string of the molecule is N/C(CCN(C(=O)C1Cc2ccccc2C1)C1CC1)=N/O. The second kappa shape index (κ2) is 5.76. The van der Waals surface area contributed by atoms with E-state index in [1.54, 1.807) is 0 Å². The smallest absolute Gasteiger partial charge is 0.226 e. The summed E-state index contributed by atoms with van der Waals surface area (Å²) in [6, 6.07) is 8.64. The number of rotatable bonds is 5. The van der Waals surface area contributed by atoms with Crippen LogP contribution in [0.2, 0.25) is 0 Å². The third-order valence-electron chi connectivity index (χ3n) is 4.41. The third-order valence-corrected chi connectivity index (χ3v) is 4.41. The molecule has 0 bridgehead atoms. The Kier molecular flexibility index (Phi) is 3.82. The highest BCUT2D eigenvalue weighted by Gasteiger charge is 2.37. The highest BCUT2D eigenvalue weighted by molar-refractivity contribution is 5.83. The topological polar surface area (TPSA) is 78.9 Å². The van der Waals surface area contributed by atoms with Gasteiger partial charge in [-0.05, 0) is 36.8 Å². The summed E-state index contributed by atoms with van der Waals surface area (Å²) in [6.45, 7) is 0.548. The number of amidine groups is 1. The summed E-state index contributed by atoms with van der Waals surface area (Å²) in [5.74, 6) is 0.456. The van der Waals surface area contributed by atoms with Crippen LogP contribution in [0.4, 0.5) is 0 Å². The van der Waals surface area contributed by atoms with Gasteiger partial charge in [0.05, 0.1) is 0 Å². The molecule has 0 unspecified atom stereocenters. The molecule has 2 aliphatic carbocycles. The molecule has 0 saturated heterocycles. The van der Waals surface area contributed by atoms with E-state index in [1.165, 1.54) is 11.1 Å². The number of carbonyl (C=O) groups excluding carboxylic acids is 1. The number of nitrogens with two attached hydrogens (primary N) is 1. The van der Waals surface area contributed by atoms with Crippen LogP contribution >= 0.6 is 0 Å². The highest BCUT2D eigenvalue weighted by atomic mass is 16.4. The van der Waals surface area contributed by atoms with Crippen LogP contribution in [-0.2, 0) is 17.6 Å². The summed E-state index contributed by atoms with van der Waals surface area (Å²) in [5, 5.41) is 11.6. The number of oxime groups is 1. The van der Waals surface area contributed by atoms with E-state index in [0.29, 0.717) is 19.0 Å². The van der Waals surface area contributed by atoms with Crippen LogP contribution in [-0.4, -0.2) is 34.4 Å². The van der Waals surface area contributed by atoms with Crippen molar-refractivity contribution >= 4 is 11.7 Å². The first-order valence-corrected chi connectivity index (χ1v) is 7.52. The molecule has 1 saturated carbocycles. The van der Waals surface area contributed by atoms with Gasteiger partial charge in [0.1, 0.15) is 5.84 Å². The number of fused-ring (bicyclic) bond motifs is 1. The molecule has 0 radical (unpaired) electrons. The number of amides is 1. The summed E-state index contributed by atoms with van der Waals surface area (Å²) in [6.07, 6.45) is 4.24. The van der Waals surface area contributed by atoms with Crippen LogP contribution in [0.25, 0.3) is 0 Å². The minimum Gasteiger partial charge on any atom is -0.409 e. The van der Waals surface area contributed by atoms with E-state index in [1.807, 2.05) is 17.0 Å². The Morgan fingerprint density at radius 3 is 2.43 bits per heavy atom. The molecule has 0 heterocycles. The minimum absolute atomic E-state index is 0.0512. The molecule has 1 aromatic carbocycles. The molecule has 21 heavy (non-hydrogen) atoms. The van der Waals surface area contributed by atoms with Gasteiger partial charge in [-0.3, -0.25) is 4.79 Å². The van der Waals surface area contributed by atoms with E-state index >= 15 is 0 Å². The number of nitrogens with zero attached hydrogens (tertiary/aromatic N) is 2. The molecule has 1 aromatic rings. The summed E-state index contributed by atoms with van der Waals surface area (Å²) >= 11 is 0. The van der Waals surface area contributed by atoms with E-state index in [4.69, 9.17) is 10.9 Å². The normalized spacial score (nSPS) is 18.6. The van der Waals surface area contributed by atoms with Crippen molar-refractivity contribution in [2.24, 2.45) is 16.8 Å². The molecule has 5 heteroatoms. The molecule has 112 valence electrons. The third kappa shape index (κ3) is 3.01. The lowest BCUT2D eigenvalue weighted by Gasteiger charge is -2.25. The average molecular weight is 287 g/mol. The number of benzene rings is 1. The molecular weight excluding hydrogens is 266 g/mol. The lowest BCUT2D eigenvalue weighted by molar-refractivity contribution is -0.135. The van der Waals surface area contributed by atoms with Crippen molar-refractivity contribution in [3.63, 3.8) is 0 Å². The Morgan fingerprint density at radius 1 is 1.29 bits per heavy atom. The number of hydrogen-bond donors (Lipinski definition) is 2. The standard InChI is InChI=1S/C16H21N3O2/c17-15(18-21)7-8-19(14-5-6-14)16(20)13-9-11-3-1-2-4-12(11)10-13/h1-4,13-14,21H,5-10H2,(H2,17,18). The Balaban J connectivity index is 1.65. The Bertz CT molecular complexity index is 541. The summed E-state index contributed by atoms with van der Waals surface area (Å²) in [5.41, 5.74) is 8.12. The van der Waals surface area contributed by atoms with Crippen molar-refractivity contribution in [2.45, 2.75) is 38.1 Å². The van der Waals surface area contributed by atoms with Gasteiger partial charge in [-0.1, -0.05) is 29.4 Å². The van der Waals surface area contributed by atoms with Crippen molar-refractivity contribution in [2.75, 3.05) is 6.54 Å². The number of hydrogen-bond acceptors (Lipinski definition) is 3. The zero-order valence-corrected chi connectivity index (χ0v) is 12.0. The highest BCUT2D eigenvalue weighted by Crippen LogP contribution is 2.33. The molecule has 0 atom stereocenters. The second-order valence-corrected chi connectivity index (χ2v) is 5.98. The molecule has 0 spiro atoms. The van der Waals surface area contributed by atoms with Crippen LogP contribution in [0.5, 0.6) is 0 Å². The Morgan fingerprint density at radius 2 is 1.90 bits per heavy atom. The van der Waals surface area contributed by atoms with Crippen LogP contribution in [0.1, 0.15) is 30.4 Å². The van der Waals surface area contributed by atoms with Crippen LogP contribution in [0.15, 0.2) is 29.4 Å². The van der Waals surface area contributed by atoms with Crippen molar-refractivity contribution in [3.8, 4) is 0 Å². The van der Waals surface area contributed by atoms with Gasteiger partial charge in [0.2, 0.25) is 5.91 Å². The van der Waals surface area contributed by atoms with Gasteiger partial charge in [0.25, 0.3) is 0 Å². The molecular formula is C16H21N3O2. The van der Waals surface area contributed by atoms with Gasteiger partial charge in [0.15, 0.2) is 0 Å². The Hall–Kier alpha value is -2.04. The first-order valence-electron chi connectivity index (χ1n) is 7.52. The molecule has 2 aliphatic rings. The van der Waals surface area contributed by atoms with E-state index in [-0.39, 0.29) is 17.7 Å². The first-order chi connectivity index (χ1) is 10.2. The maximum Gasteiger partial charge on any atom is 0.226 e. The van der Waals surface area contributed by atoms with Crippen LogP contribution in [0, 0.1) is 5.92 Å². The van der Waals surface area contributed by atoms with Gasteiger partial charge in [0, 0.05) is 24.9 Å².